The number of allylic oxidation sites excluding steroid dienone is 1. The maximum absolute atomic E-state index is 13.7. The molecule has 224 valence electrons. The van der Waals surface area contributed by atoms with Gasteiger partial charge in [0, 0.05) is 74.4 Å². The predicted molar refractivity (Wildman–Crippen MR) is 168 cm³/mol. The second-order valence-corrected chi connectivity index (χ2v) is 14.5. The SMILES string of the molecule is C=C1N(C)c2c(C(C)(C)C)cc(-c3cc(C(=O)NCC4(O)CCOCC4)c(C)n3CC3CCCCC3)cc2C1(C)C. The molecule has 0 spiro atoms. The first-order chi connectivity index (χ1) is 19.2. The van der Waals surface area contributed by atoms with Crippen molar-refractivity contribution in [2.24, 2.45) is 5.92 Å². The quantitative estimate of drug-likeness (QED) is 0.405. The molecule has 1 aromatic carbocycles. The van der Waals surface area contributed by atoms with Crippen LogP contribution < -0.4 is 10.2 Å². The van der Waals surface area contributed by atoms with Crippen molar-refractivity contribution in [3.8, 4) is 11.3 Å². The third-order valence-corrected chi connectivity index (χ3v) is 10.1. The Labute approximate surface area is 247 Å². The fourth-order valence-electron chi connectivity index (χ4n) is 7.15. The van der Waals surface area contributed by atoms with Gasteiger partial charge in [-0.25, -0.2) is 0 Å². The number of fused-ring (bicyclic) bond motifs is 1. The van der Waals surface area contributed by atoms with Crippen LogP contribution in [-0.4, -0.2) is 48.0 Å². The largest absolute Gasteiger partial charge is 0.388 e. The summed E-state index contributed by atoms with van der Waals surface area (Å²) in [6.45, 7) is 20.1. The van der Waals surface area contributed by atoms with E-state index in [1.807, 2.05) is 0 Å². The number of carbonyl (C=O) groups is 1. The molecular weight excluding hydrogens is 510 g/mol. The van der Waals surface area contributed by atoms with Gasteiger partial charge in [-0.15, -0.1) is 0 Å². The van der Waals surface area contributed by atoms with Gasteiger partial charge < -0.3 is 24.6 Å². The van der Waals surface area contributed by atoms with Crippen LogP contribution in [0.3, 0.4) is 0 Å². The van der Waals surface area contributed by atoms with Crippen molar-refractivity contribution in [1.82, 2.24) is 9.88 Å². The normalized spacial score (nSPS) is 20.8. The molecule has 0 bridgehead atoms. The number of hydrogen-bond donors (Lipinski definition) is 2. The predicted octanol–water partition coefficient (Wildman–Crippen LogP) is 6.85. The summed E-state index contributed by atoms with van der Waals surface area (Å²) in [4.78, 5) is 15.9. The van der Waals surface area contributed by atoms with Crippen LogP contribution in [0.2, 0.25) is 0 Å². The molecule has 5 rings (SSSR count). The molecule has 3 aliphatic rings. The molecule has 0 unspecified atom stereocenters. The average molecular weight is 562 g/mol. The Morgan fingerprint density at radius 2 is 1.78 bits per heavy atom. The molecule has 0 radical (unpaired) electrons. The van der Waals surface area contributed by atoms with Crippen molar-refractivity contribution in [3.05, 3.63) is 52.9 Å². The lowest BCUT2D eigenvalue weighted by Crippen LogP contribution is -2.46. The molecule has 1 saturated heterocycles. The van der Waals surface area contributed by atoms with E-state index >= 15 is 0 Å². The molecule has 1 saturated carbocycles. The summed E-state index contributed by atoms with van der Waals surface area (Å²) >= 11 is 0. The van der Waals surface area contributed by atoms with E-state index in [0.717, 1.165) is 29.2 Å². The van der Waals surface area contributed by atoms with Crippen LogP contribution >= 0.6 is 0 Å². The zero-order chi connectivity index (χ0) is 29.7. The first-order valence-electron chi connectivity index (χ1n) is 15.6. The molecule has 0 atom stereocenters. The highest BCUT2D eigenvalue weighted by molar-refractivity contribution is 5.97. The van der Waals surface area contributed by atoms with Crippen LogP contribution in [0, 0.1) is 12.8 Å². The highest BCUT2D eigenvalue weighted by Crippen LogP contribution is 2.52. The highest BCUT2D eigenvalue weighted by atomic mass is 16.5. The first-order valence-corrected chi connectivity index (χ1v) is 15.6. The van der Waals surface area contributed by atoms with Gasteiger partial charge in [0.05, 0.1) is 11.2 Å². The number of likely N-dealkylation sites (N-methyl/N-ethyl adjacent to an activating group) is 1. The summed E-state index contributed by atoms with van der Waals surface area (Å²) in [7, 11) is 2.13. The topological polar surface area (TPSA) is 66.7 Å². The number of rotatable bonds is 6. The smallest absolute Gasteiger partial charge is 0.253 e. The molecule has 6 nitrogen and oxygen atoms in total. The van der Waals surface area contributed by atoms with Crippen LogP contribution in [0.25, 0.3) is 11.3 Å². The van der Waals surface area contributed by atoms with Crippen molar-refractivity contribution < 1.29 is 14.6 Å². The number of aliphatic hydroxyl groups is 1. The minimum Gasteiger partial charge on any atom is -0.388 e. The Morgan fingerprint density at radius 1 is 1.12 bits per heavy atom. The van der Waals surface area contributed by atoms with E-state index in [1.165, 1.54) is 48.9 Å². The van der Waals surface area contributed by atoms with E-state index in [9.17, 15) is 9.90 Å². The second-order valence-electron chi connectivity index (χ2n) is 14.5. The molecule has 2 aliphatic heterocycles. The Morgan fingerprint density at radius 3 is 2.41 bits per heavy atom. The average Bonchev–Trinajstić information content (AvgIpc) is 3.34. The molecule has 2 aromatic rings. The molecule has 2 N–H and O–H groups in total. The molecule has 1 aromatic heterocycles. The summed E-state index contributed by atoms with van der Waals surface area (Å²) in [5.74, 6) is 0.503. The molecular formula is C35H51N3O3. The maximum atomic E-state index is 13.7. The van der Waals surface area contributed by atoms with E-state index < -0.39 is 5.60 Å². The minimum absolute atomic E-state index is 0.0652. The third-order valence-electron chi connectivity index (χ3n) is 10.1. The van der Waals surface area contributed by atoms with Crippen molar-refractivity contribution in [2.45, 2.75) is 109 Å². The van der Waals surface area contributed by atoms with Crippen LogP contribution in [0.5, 0.6) is 0 Å². The lowest BCUT2D eigenvalue weighted by atomic mass is 9.78. The number of nitrogens with one attached hydrogen (secondary N) is 1. The van der Waals surface area contributed by atoms with E-state index in [1.54, 1.807) is 0 Å². The van der Waals surface area contributed by atoms with E-state index in [0.29, 0.717) is 37.5 Å². The minimum atomic E-state index is -0.906. The van der Waals surface area contributed by atoms with E-state index in [4.69, 9.17) is 4.74 Å². The highest BCUT2D eigenvalue weighted by Gasteiger charge is 2.41. The van der Waals surface area contributed by atoms with Gasteiger partial charge in [0.25, 0.3) is 5.91 Å². The zero-order valence-electron chi connectivity index (χ0n) is 26.5. The summed E-state index contributed by atoms with van der Waals surface area (Å²) in [5.41, 5.74) is 7.77. The maximum Gasteiger partial charge on any atom is 0.253 e. The molecule has 1 amide bonds. The molecule has 6 heteroatoms. The van der Waals surface area contributed by atoms with Crippen LogP contribution in [0.1, 0.15) is 107 Å². The Hall–Kier alpha value is -2.57. The van der Waals surface area contributed by atoms with Gasteiger partial charge in [0.1, 0.15) is 0 Å². The zero-order valence-corrected chi connectivity index (χ0v) is 26.5. The molecule has 3 heterocycles. The number of benzene rings is 1. The summed E-state index contributed by atoms with van der Waals surface area (Å²) in [6, 6.07) is 6.79. The Kier molecular flexibility index (Phi) is 7.97. The van der Waals surface area contributed by atoms with Gasteiger partial charge in [-0.3, -0.25) is 4.79 Å². The van der Waals surface area contributed by atoms with Gasteiger partial charge >= 0.3 is 0 Å². The van der Waals surface area contributed by atoms with Gasteiger partial charge in [-0.05, 0) is 66.0 Å². The standard InChI is InChI=1S/C35H51N3O3/c1-23-27(32(39)36-22-35(40)14-16-41-17-15-35)20-30(38(23)21-25-12-10-9-11-13-25)26-18-28(33(3,4)5)31-29(19-26)34(6,7)24(2)37(31)8/h18-20,25,40H,2,9-17,21-22H2,1,3-8H3,(H,36,39). The summed E-state index contributed by atoms with van der Waals surface area (Å²) in [6.07, 6.45) is 7.45. The van der Waals surface area contributed by atoms with E-state index in [-0.39, 0.29) is 23.3 Å². The number of nitrogens with zero attached hydrogens (tertiary/aromatic N) is 2. The fraction of sp³-hybridized carbons (Fsp3) is 0.629. The van der Waals surface area contributed by atoms with Gasteiger partial charge in [-0.2, -0.15) is 0 Å². The summed E-state index contributed by atoms with van der Waals surface area (Å²) < 4.78 is 7.83. The first kappa shape index (κ1) is 29.9. The van der Waals surface area contributed by atoms with Gasteiger partial charge in [-0.1, -0.05) is 60.5 Å². The number of anilines is 1. The number of ether oxygens (including phenoxy) is 1. The van der Waals surface area contributed by atoms with Gasteiger partial charge in [0.15, 0.2) is 0 Å². The van der Waals surface area contributed by atoms with Crippen molar-refractivity contribution in [2.75, 3.05) is 31.7 Å². The lowest BCUT2D eigenvalue weighted by molar-refractivity contribution is -0.0605. The van der Waals surface area contributed by atoms with Crippen molar-refractivity contribution in [3.63, 3.8) is 0 Å². The molecule has 41 heavy (non-hydrogen) atoms. The van der Waals surface area contributed by atoms with Crippen LogP contribution in [0.4, 0.5) is 5.69 Å². The molecule has 2 fully saturated rings. The number of aromatic nitrogens is 1. The number of amides is 1. The van der Waals surface area contributed by atoms with Crippen molar-refractivity contribution in [1.29, 1.82) is 0 Å². The van der Waals surface area contributed by atoms with Gasteiger partial charge in [0.2, 0.25) is 0 Å². The Bertz CT molecular complexity index is 1320. The van der Waals surface area contributed by atoms with Crippen LogP contribution in [0.15, 0.2) is 30.5 Å². The molecule has 1 aliphatic carbocycles. The monoisotopic (exact) mass is 561 g/mol. The third kappa shape index (κ3) is 5.62. The summed E-state index contributed by atoms with van der Waals surface area (Å²) in [5, 5.41) is 14.0. The Balaban J connectivity index is 1.59. The number of carbonyl (C=O) groups excluding carboxylic acids is 1. The van der Waals surface area contributed by atoms with Crippen molar-refractivity contribution >= 4 is 11.6 Å². The van der Waals surface area contributed by atoms with E-state index in [2.05, 4.69) is 88.2 Å². The van der Waals surface area contributed by atoms with Crippen LogP contribution in [-0.2, 0) is 22.1 Å². The second kappa shape index (κ2) is 10.9. The number of hydrogen-bond acceptors (Lipinski definition) is 4. The lowest BCUT2D eigenvalue weighted by Gasteiger charge is -2.32. The fourth-order valence-corrected chi connectivity index (χ4v) is 7.15.